The normalized spacial score (nSPS) is 12.5. The fourth-order valence-corrected chi connectivity index (χ4v) is 1.62. The molecule has 1 atom stereocenters. The predicted octanol–water partition coefficient (Wildman–Crippen LogP) is 2.28. The molecule has 0 aromatic heterocycles. The van der Waals surface area contributed by atoms with Crippen molar-refractivity contribution >= 4 is 18.3 Å². The first kappa shape index (κ1) is 17.9. The summed E-state index contributed by atoms with van der Waals surface area (Å²) in [6.07, 6.45) is 0.518. The Kier molecular flexibility index (Phi) is 7.01. The fraction of sp³-hybridized carbons (Fsp3) is 0.500. The van der Waals surface area contributed by atoms with Gasteiger partial charge in [-0.2, -0.15) is 0 Å². The van der Waals surface area contributed by atoms with Gasteiger partial charge in [0.2, 0.25) is 5.91 Å². The highest BCUT2D eigenvalue weighted by atomic mass is 35.5. The zero-order chi connectivity index (χ0) is 13.8. The molecule has 0 spiro atoms. The van der Waals surface area contributed by atoms with Crippen LogP contribution in [0.5, 0.6) is 0 Å². The molecule has 1 amide bonds. The summed E-state index contributed by atoms with van der Waals surface area (Å²) in [7, 11) is 0. The molecule has 108 valence electrons. The first-order valence-electron chi connectivity index (χ1n) is 6.10. The van der Waals surface area contributed by atoms with E-state index >= 15 is 0 Å². The molecule has 0 bridgehead atoms. The summed E-state index contributed by atoms with van der Waals surface area (Å²) in [6.45, 7) is 5.96. The first-order valence-corrected chi connectivity index (χ1v) is 6.10. The maximum atomic E-state index is 13.0. The summed E-state index contributed by atoms with van der Waals surface area (Å²) in [5.41, 5.74) is 5.98. The molecule has 1 rings (SSSR count). The molecule has 0 heterocycles. The average molecular weight is 289 g/mol. The largest absolute Gasteiger partial charge is 0.350 e. The van der Waals surface area contributed by atoms with Gasteiger partial charge in [0.25, 0.3) is 0 Å². The first-order chi connectivity index (χ1) is 8.34. The molecule has 0 fully saturated rings. The van der Waals surface area contributed by atoms with Crippen LogP contribution < -0.4 is 11.1 Å². The summed E-state index contributed by atoms with van der Waals surface area (Å²) in [4.78, 5) is 11.9. The molecule has 0 aliphatic heterocycles. The topological polar surface area (TPSA) is 55.1 Å². The van der Waals surface area contributed by atoms with E-state index < -0.39 is 5.54 Å². The van der Waals surface area contributed by atoms with Crippen LogP contribution in [-0.2, 0) is 11.2 Å². The van der Waals surface area contributed by atoms with E-state index in [1.54, 1.807) is 6.07 Å². The lowest BCUT2D eigenvalue weighted by Gasteiger charge is -2.26. The SMILES string of the molecule is CC(Cc1cccc(F)c1)C(=O)NC(C)(C)CN.Cl. The third-order valence-corrected chi connectivity index (χ3v) is 2.85. The number of amides is 1. The third-order valence-electron chi connectivity index (χ3n) is 2.85. The highest BCUT2D eigenvalue weighted by Gasteiger charge is 2.22. The van der Waals surface area contributed by atoms with Crippen molar-refractivity contribution in [1.82, 2.24) is 5.32 Å². The van der Waals surface area contributed by atoms with E-state index in [4.69, 9.17) is 5.73 Å². The van der Waals surface area contributed by atoms with Crippen molar-refractivity contribution < 1.29 is 9.18 Å². The van der Waals surface area contributed by atoms with Crippen LogP contribution in [0, 0.1) is 11.7 Å². The van der Waals surface area contributed by atoms with E-state index in [1.165, 1.54) is 12.1 Å². The Morgan fingerprint density at radius 1 is 1.47 bits per heavy atom. The van der Waals surface area contributed by atoms with Gasteiger partial charge in [0, 0.05) is 18.0 Å². The molecule has 0 aliphatic carbocycles. The Hall–Kier alpha value is -1.13. The molecular formula is C14H22ClFN2O. The van der Waals surface area contributed by atoms with Crippen LogP contribution in [0.25, 0.3) is 0 Å². The van der Waals surface area contributed by atoms with Crippen LogP contribution >= 0.6 is 12.4 Å². The number of rotatable bonds is 5. The minimum absolute atomic E-state index is 0. The second kappa shape index (κ2) is 7.46. The van der Waals surface area contributed by atoms with E-state index in [9.17, 15) is 9.18 Å². The standard InChI is InChI=1S/C14H21FN2O.ClH/c1-10(13(18)17-14(2,3)9-16)7-11-5-4-6-12(15)8-11;/h4-6,8,10H,7,9,16H2,1-3H3,(H,17,18);1H. The number of benzene rings is 1. The molecule has 1 unspecified atom stereocenters. The van der Waals surface area contributed by atoms with Crippen LogP contribution in [0.3, 0.4) is 0 Å². The van der Waals surface area contributed by atoms with Gasteiger partial charge in [-0.05, 0) is 38.0 Å². The van der Waals surface area contributed by atoms with Crippen molar-refractivity contribution in [2.75, 3.05) is 6.54 Å². The Morgan fingerprint density at radius 3 is 2.63 bits per heavy atom. The van der Waals surface area contributed by atoms with Gasteiger partial charge in [0.15, 0.2) is 0 Å². The van der Waals surface area contributed by atoms with Crippen LogP contribution in [-0.4, -0.2) is 18.0 Å². The minimum Gasteiger partial charge on any atom is -0.350 e. The van der Waals surface area contributed by atoms with Crippen molar-refractivity contribution in [1.29, 1.82) is 0 Å². The van der Waals surface area contributed by atoms with Gasteiger partial charge in [0.1, 0.15) is 5.82 Å². The highest BCUT2D eigenvalue weighted by molar-refractivity contribution is 5.85. The van der Waals surface area contributed by atoms with Gasteiger partial charge in [-0.1, -0.05) is 19.1 Å². The highest BCUT2D eigenvalue weighted by Crippen LogP contribution is 2.11. The van der Waals surface area contributed by atoms with Gasteiger partial charge in [0.05, 0.1) is 0 Å². The molecule has 1 aromatic carbocycles. The molecule has 0 saturated heterocycles. The van der Waals surface area contributed by atoms with Crippen molar-refractivity contribution in [2.24, 2.45) is 11.7 Å². The number of hydrogen-bond donors (Lipinski definition) is 2. The molecule has 19 heavy (non-hydrogen) atoms. The monoisotopic (exact) mass is 288 g/mol. The lowest BCUT2D eigenvalue weighted by molar-refractivity contribution is -0.126. The fourth-order valence-electron chi connectivity index (χ4n) is 1.62. The second-order valence-corrected chi connectivity index (χ2v) is 5.31. The molecule has 1 aromatic rings. The second-order valence-electron chi connectivity index (χ2n) is 5.31. The zero-order valence-electron chi connectivity index (χ0n) is 11.6. The van der Waals surface area contributed by atoms with Gasteiger partial charge >= 0.3 is 0 Å². The summed E-state index contributed by atoms with van der Waals surface area (Å²) in [6, 6.07) is 6.32. The van der Waals surface area contributed by atoms with Gasteiger partial charge < -0.3 is 11.1 Å². The van der Waals surface area contributed by atoms with Gasteiger partial charge in [-0.25, -0.2) is 4.39 Å². The lowest BCUT2D eigenvalue weighted by Crippen LogP contribution is -2.50. The molecule has 3 nitrogen and oxygen atoms in total. The number of hydrogen-bond acceptors (Lipinski definition) is 2. The van der Waals surface area contributed by atoms with Crippen LogP contribution in [0.15, 0.2) is 24.3 Å². The Bertz CT molecular complexity index is 424. The average Bonchev–Trinajstić information content (AvgIpc) is 2.28. The Morgan fingerprint density at radius 2 is 2.11 bits per heavy atom. The summed E-state index contributed by atoms with van der Waals surface area (Å²) in [5.74, 6) is -0.547. The summed E-state index contributed by atoms with van der Waals surface area (Å²) >= 11 is 0. The number of halogens is 2. The number of carbonyl (C=O) groups excluding carboxylic acids is 1. The molecule has 5 heteroatoms. The van der Waals surface area contributed by atoms with Crippen LogP contribution in [0.1, 0.15) is 26.3 Å². The maximum Gasteiger partial charge on any atom is 0.223 e. The van der Waals surface area contributed by atoms with E-state index in [-0.39, 0.29) is 30.0 Å². The number of nitrogens with two attached hydrogens (primary N) is 1. The lowest BCUT2D eigenvalue weighted by atomic mass is 9.98. The van der Waals surface area contributed by atoms with E-state index in [0.717, 1.165) is 5.56 Å². The van der Waals surface area contributed by atoms with E-state index in [1.807, 2.05) is 26.8 Å². The quantitative estimate of drug-likeness (QED) is 0.873. The smallest absolute Gasteiger partial charge is 0.223 e. The van der Waals surface area contributed by atoms with Crippen molar-refractivity contribution in [3.8, 4) is 0 Å². The maximum absolute atomic E-state index is 13.0. The Labute approximate surface area is 120 Å². The molecule has 3 N–H and O–H groups in total. The van der Waals surface area contributed by atoms with E-state index in [0.29, 0.717) is 13.0 Å². The molecule has 0 aliphatic rings. The number of nitrogens with one attached hydrogen (secondary N) is 1. The van der Waals surface area contributed by atoms with Gasteiger partial charge in [-0.15, -0.1) is 12.4 Å². The zero-order valence-corrected chi connectivity index (χ0v) is 12.4. The van der Waals surface area contributed by atoms with Crippen LogP contribution in [0.4, 0.5) is 4.39 Å². The van der Waals surface area contributed by atoms with Crippen molar-refractivity contribution in [3.05, 3.63) is 35.6 Å². The molecule has 0 saturated carbocycles. The predicted molar refractivity (Wildman–Crippen MR) is 77.8 cm³/mol. The van der Waals surface area contributed by atoms with Crippen molar-refractivity contribution in [2.45, 2.75) is 32.7 Å². The summed E-state index contributed by atoms with van der Waals surface area (Å²) < 4.78 is 13.0. The van der Waals surface area contributed by atoms with Crippen molar-refractivity contribution in [3.63, 3.8) is 0 Å². The molecular weight excluding hydrogens is 267 g/mol. The minimum atomic E-state index is -0.409. The van der Waals surface area contributed by atoms with Crippen LogP contribution in [0.2, 0.25) is 0 Å². The number of carbonyl (C=O) groups is 1. The third kappa shape index (κ3) is 6.03. The van der Waals surface area contributed by atoms with E-state index in [2.05, 4.69) is 5.32 Å². The Balaban J connectivity index is 0.00000324. The molecule has 0 radical (unpaired) electrons. The summed E-state index contributed by atoms with van der Waals surface area (Å²) in [5, 5.41) is 2.88. The van der Waals surface area contributed by atoms with Gasteiger partial charge in [-0.3, -0.25) is 4.79 Å².